The number of carboxylic acid groups (broad SMARTS) is 1. The van der Waals surface area contributed by atoms with Gasteiger partial charge in [0.05, 0.1) is 32.5 Å². The highest BCUT2D eigenvalue weighted by Gasteiger charge is 2.24. The summed E-state index contributed by atoms with van der Waals surface area (Å²) in [6, 6.07) is 8.30. The van der Waals surface area contributed by atoms with Crippen LogP contribution in [0.1, 0.15) is 23.7 Å². The zero-order valence-electron chi connectivity index (χ0n) is 14.0. The Morgan fingerprint density at radius 3 is 1.71 bits per heavy atom. The van der Waals surface area contributed by atoms with Gasteiger partial charge in [-0.1, -0.05) is 31.7 Å². The van der Waals surface area contributed by atoms with Gasteiger partial charge in [0.25, 0.3) is 0 Å². The largest absolute Gasteiger partial charge is 0.478 e. The second-order valence-electron chi connectivity index (χ2n) is 4.73. The number of carboxylic acids is 1. The average Bonchev–Trinajstić information content (AvgIpc) is 2.65. The molecule has 7 heteroatoms. The number of carbonyl (C=O) groups is 2. The van der Waals surface area contributed by atoms with Crippen molar-refractivity contribution in [1.29, 1.82) is 0 Å². The summed E-state index contributed by atoms with van der Waals surface area (Å²) in [5.74, 6) is -1.27. The molecule has 24 heavy (non-hydrogen) atoms. The Morgan fingerprint density at radius 1 is 1.12 bits per heavy atom. The van der Waals surface area contributed by atoms with E-state index in [1.54, 1.807) is 30.3 Å². The third-order valence-corrected chi connectivity index (χ3v) is 3.14. The predicted octanol–water partition coefficient (Wildman–Crippen LogP) is 1.09. The average molecular weight is 342 g/mol. The summed E-state index contributed by atoms with van der Waals surface area (Å²) < 4.78 is 4.14. The molecular weight excluding hydrogens is 316 g/mol. The van der Waals surface area contributed by atoms with Gasteiger partial charge in [-0.2, -0.15) is 0 Å². The van der Waals surface area contributed by atoms with Crippen LogP contribution in [0.15, 0.2) is 43.0 Å². The molecule has 0 amide bonds. The van der Waals surface area contributed by atoms with E-state index in [1.807, 2.05) is 6.92 Å². The molecule has 1 rings (SSSR count). The molecule has 1 aromatic carbocycles. The SMILES string of the molecule is C=CC(=O)OC.CCC(CO)(CO)CO.O=C(O)c1ccccc1. The molecule has 0 aliphatic carbocycles. The van der Waals surface area contributed by atoms with Gasteiger partial charge in [-0.05, 0) is 18.6 Å². The minimum atomic E-state index is -0.879. The van der Waals surface area contributed by atoms with E-state index in [0.717, 1.165) is 6.08 Å². The fraction of sp³-hybridized carbons (Fsp3) is 0.412. The van der Waals surface area contributed by atoms with Gasteiger partial charge < -0.3 is 25.2 Å². The molecule has 1 aromatic rings. The van der Waals surface area contributed by atoms with E-state index in [0.29, 0.717) is 12.0 Å². The Balaban J connectivity index is 0. The fourth-order valence-corrected chi connectivity index (χ4v) is 1.15. The highest BCUT2D eigenvalue weighted by atomic mass is 16.5. The van der Waals surface area contributed by atoms with Crippen LogP contribution in [0.2, 0.25) is 0 Å². The van der Waals surface area contributed by atoms with Crippen LogP contribution in [0, 0.1) is 5.41 Å². The molecule has 0 saturated carbocycles. The number of aliphatic hydroxyl groups is 3. The van der Waals surface area contributed by atoms with Gasteiger partial charge >= 0.3 is 11.9 Å². The number of aliphatic hydroxyl groups excluding tert-OH is 3. The number of hydrogen-bond acceptors (Lipinski definition) is 6. The highest BCUT2D eigenvalue weighted by molar-refractivity contribution is 5.87. The third-order valence-electron chi connectivity index (χ3n) is 3.14. The second kappa shape index (κ2) is 14.4. The van der Waals surface area contributed by atoms with Crippen LogP contribution < -0.4 is 0 Å². The van der Waals surface area contributed by atoms with Crippen molar-refractivity contribution in [1.82, 2.24) is 0 Å². The number of ether oxygens (including phenoxy) is 1. The molecule has 0 saturated heterocycles. The van der Waals surface area contributed by atoms with Crippen molar-refractivity contribution in [3.63, 3.8) is 0 Å². The second-order valence-corrected chi connectivity index (χ2v) is 4.73. The van der Waals surface area contributed by atoms with E-state index in [4.69, 9.17) is 20.4 Å². The normalized spacial score (nSPS) is 9.54. The Morgan fingerprint density at radius 2 is 1.58 bits per heavy atom. The first-order valence-corrected chi connectivity index (χ1v) is 7.17. The Hall–Kier alpha value is -2.22. The van der Waals surface area contributed by atoms with Gasteiger partial charge in [-0.25, -0.2) is 9.59 Å². The summed E-state index contributed by atoms with van der Waals surface area (Å²) in [5.41, 5.74) is -0.336. The number of esters is 1. The maximum atomic E-state index is 10.2. The zero-order chi connectivity index (χ0) is 19.0. The Labute approximate surface area is 141 Å². The van der Waals surface area contributed by atoms with Crippen LogP contribution in [0.4, 0.5) is 0 Å². The molecule has 0 spiro atoms. The summed E-state index contributed by atoms with van der Waals surface area (Å²) in [7, 11) is 1.31. The van der Waals surface area contributed by atoms with E-state index in [1.165, 1.54) is 7.11 Å². The molecule has 0 atom stereocenters. The maximum absolute atomic E-state index is 10.2. The molecule has 136 valence electrons. The number of carbonyl (C=O) groups excluding carboxylic acids is 1. The van der Waals surface area contributed by atoms with Crippen molar-refractivity contribution in [2.45, 2.75) is 13.3 Å². The lowest BCUT2D eigenvalue weighted by Crippen LogP contribution is -2.32. The van der Waals surface area contributed by atoms with Crippen molar-refractivity contribution in [3.05, 3.63) is 48.6 Å². The first-order valence-electron chi connectivity index (χ1n) is 7.17. The predicted molar refractivity (Wildman–Crippen MR) is 89.6 cm³/mol. The summed E-state index contributed by atoms with van der Waals surface area (Å²) in [6.07, 6.45) is 1.70. The molecule has 0 heterocycles. The van der Waals surface area contributed by atoms with Crippen LogP contribution in [-0.4, -0.2) is 59.3 Å². The molecule has 0 bridgehead atoms. The van der Waals surface area contributed by atoms with Crippen molar-refractivity contribution in [2.24, 2.45) is 5.41 Å². The van der Waals surface area contributed by atoms with Gasteiger partial charge in [0.15, 0.2) is 0 Å². The lowest BCUT2D eigenvalue weighted by atomic mass is 9.88. The lowest BCUT2D eigenvalue weighted by molar-refractivity contribution is -0.134. The number of hydrogen-bond donors (Lipinski definition) is 4. The van der Waals surface area contributed by atoms with Crippen molar-refractivity contribution < 1.29 is 34.8 Å². The van der Waals surface area contributed by atoms with Gasteiger partial charge in [0, 0.05) is 11.5 Å². The van der Waals surface area contributed by atoms with Crippen LogP contribution in [0.5, 0.6) is 0 Å². The summed E-state index contributed by atoms with van der Waals surface area (Å²) in [6.45, 7) is 4.51. The molecule has 0 aliphatic rings. The van der Waals surface area contributed by atoms with E-state index >= 15 is 0 Å². The van der Waals surface area contributed by atoms with Gasteiger partial charge in [0.2, 0.25) is 0 Å². The summed E-state index contributed by atoms with van der Waals surface area (Å²) in [5, 5.41) is 34.4. The first-order chi connectivity index (χ1) is 11.4. The standard InChI is InChI=1S/C7H6O2.C6H14O3.C4H6O2/c8-7(9)6-4-2-1-3-5-6;1-2-6(3-7,4-8)5-9;1-3-4(5)6-2/h1-5H,(H,8,9);7-9H,2-5H2,1H3;3H,1H2,2H3. The minimum absolute atomic E-state index is 0.156. The molecule has 0 aliphatic heterocycles. The van der Waals surface area contributed by atoms with E-state index in [-0.39, 0.29) is 19.8 Å². The topological polar surface area (TPSA) is 124 Å². The van der Waals surface area contributed by atoms with Crippen molar-refractivity contribution in [3.8, 4) is 0 Å². The van der Waals surface area contributed by atoms with E-state index < -0.39 is 17.4 Å². The van der Waals surface area contributed by atoms with Crippen LogP contribution in [0.25, 0.3) is 0 Å². The van der Waals surface area contributed by atoms with Gasteiger partial charge in [-0.15, -0.1) is 0 Å². The minimum Gasteiger partial charge on any atom is -0.478 e. The number of rotatable bonds is 6. The monoisotopic (exact) mass is 342 g/mol. The van der Waals surface area contributed by atoms with Crippen molar-refractivity contribution in [2.75, 3.05) is 26.9 Å². The molecule has 0 unspecified atom stereocenters. The number of benzene rings is 1. The van der Waals surface area contributed by atoms with Crippen LogP contribution in [-0.2, 0) is 9.53 Å². The molecule has 4 N–H and O–H groups in total. The highest BCUT2D eigenvalue weighted by Crippen LogP contribution is 2.18. The molecule has 0 fully saturated rings. The summed E-state index contributed by atoms with van der Waals surface area (Å²) in [4.78, 5) is 20.0. The number of aromatic carboxylic acids is 1. The van der Waals surface area contributed by atoms with Crippen LogP contribution in [0.3, 0.4) is 0 Å². The molecule has 7 nitrogen and oxygen atoms in total. The third kappa shape index (κ3) is 10.5. The fourth-order valence-electron chi connectivity index (χ4n) is 1.15. The molecule has 0 radical (unpaired) electrons. The van der Waals surface area contributed by atoms with E-state index in [9.17, 15) is 9.59 Å². The molecule has 0 aromatic heterocycles. The molecular formula is C17H26O7. The van der Waals surface area contributed by atoms with Gasteiger partial charge in [0.1, 0.15) is 0 Å². The quantitative estimate of drug-likeness (QED) is 0.450. The maximum Gasteiger partial charge on any atom is 0.335 e. The van der Waals surface area contributed by atoms with Gasteiger partial charge in [-0.3, -0.25) is 0 Å². The Bertz CT molecular complexity index is 450. The summed E-state index contributed by atoms with van der Waals surface area (Å²) >= 11 is 0. The Kier molecular flexibility index (Phi) is 14.4. The zero-order valence-corrected chi connectivity index (χ0v) is 14.0. The smallest absolute Gasteiger partial charge is 0.335 e. The lowest BCUT2D eigenvalue weighted by Gasteiger charge is -2.24. The number of methoxy groups -OCH3 is 1. The first kappa shape index (κ1) is 24.0. The van der Waals surface area contributed by atoms with Crippen molar-refractivity contribution >= 4 is 11.9 Å². The van der Waals surface area contributed by atoms with E-state index in [2.05, 4.69) is 11.3 Å². The van der Waals surface area contributed by atoms with Crippen LogP contribution >= 0.6 is 0 Å².